The minimum absolute atomic E-state index is 0.335. The molecule has 5 heteroatoms. The number of carbonyl (C=O) groups excluding carboxylic acids is 1. The SMILES string of the molecule is COC(=O)C1CCN1c1cc(OC)ccc1F. The van der Waals surface area contributed by atoms with Gasteiger partial charge in [-0.1, -0.05) is 0 Å². The fourth-order valence-electron chi connectivity index (χ4n) is 1.90. The molecular formula is C12H14FNO3. The molecule has 92 valence electrons. The molecule has 1 saturated heterocycles. The summed E-state index contributed by atoms with van der Waals surface area (Å²) in [4.78, 5) is 13.1. The van der Waals surface area contributed by atoms with Crippen molar-refractivity contribution in [2.45, 2.75) is 12.5 Å². The van der Waals surface area contributed by atoms with E-state index in [1.807, 2.05) is 0 Å². The highest BCUT2D eigenvalue weighted by atomic mass is 19.1. The summed E-state index contributed by atoms with van der Waals surface area (Å²) in [5, 5.41) is 0. The standard InChI is InChI=1S/C12H14FNO3/c1-16-8-3-4-9(13)11(7-8)14-6-5-10(14)12(15)17-2/h3-4,7,10H,5-6H2,1-2H3. The highest BCUT2D eigenvalue weighted by Gasteiger charge is 2.36. The van der Waals surface area contributed by atoms with Gasteiger partial charge < -0.3 is 14.4 Å². The molecule has 4 nitrogen and oxygen atoms in total. The lowest BCUT2D eigenvalue weighted by Gasteiger charge is -2.40. The van der Waals surface area contributed by atoms with E-state index >= 15 is 0 Å². The molecule has 1 aliphatic rings. The van der Waals surface area contributed by atoms with Gasteiger partial charge >= 0.3 is 5.97 Å². The number of methoxy groups -OCH3 is 2. The second-order valence-electron chi connectivity index (χ2n) is 3.84. The summed E-state index contributed by atoms with van der Waals surface area (Å²) in [6.07, 6.45) is 0.684. The Hall–Kier alpha value is -1.78. The van der Waals surface area contributed by atoms with E-state index in [2.05, 4.69) is 4.74 Å². The van der Waals surface area contributed by atoms with Crippen molar-refractivity contribution in [2.75, 3.05) is 25.7 Å². The molecule has 1 aromatic carbocycles. The van der Waals surface area contributed by atoms with E-state index in [0.717, 1.165) is 0 Å². The second kappa shape index (κ2) is 4.61. The fraction of sp³-hybridized carbons (Fsp3) is 0.417. The molecule has 1 unspecified atom stereocenters. The van der Waals surface area contributed by atoms with Crippen LogP contribution in [0.1, 0.15) is 6.42 Å². The predicted octanol–water partition coefficient (Wildman–Crippen LogP) is 1.59. The van der Waals surface area contributed by atoms with Gasteiger partial charge in [0.25, 0.3) is 0 Å². The number of anilines is 1. The smallest absolute Gasteiger partial charge is 0.328 e. The first kappa shape index (κ1) is 11.7. The molecule has 0 N–H and O–H groups in total. The normalized spacial score (nSPS) is 18.5. The molecule has 1 fully saturated rings. The van der Waals surface area contributed by atoms with Crippen LogP contribution in [0, 0.1) is 5.82 Å². The molecule has 1 aromatic rings. The van der Waals surface area contributed by atoms with Crippen LogP contribution in [0.4, 0.5) is 10.1 Å². The van der Waals surface area contributed by atoms with Crippen molar-refractivity contribution in [2.24, 2.45) is 0 Å². The van der Waals surface area contributed by atoms with E-state index in [9.17, 15) is 9.18 Å². The van der Waals surface area contributed by atoms with Crippen LogP contribution in [0.3, 0.4) is 0 Å². The van der Waals surface area contributed by atoms with Gasteiger partial charge in [0.15, 0.2) is 0 Å². The van der Waals surface area contributed by atoms with Gasteiger partial charge in [-0.3, -0.25) is 0 Å². The van der Waals surface area contributed by atoms with Crippen molar-refractivity contribution in [1.29, 1.82) is 0 Å². The van der Waals surface area contributed by atoms with Gasteiger partial charge in [0.05, 0.1) is 19.9 Å². The van der Waals surface area contributed by atoms with E-state index in [1.165, 1.54) is 20.3 Å². The van der Waals surface area contributed by atoms with E-state index < -0.39 is 0 Å². The van der Waals surface area contributed by atoms with Crippen molar-refractivity contribution in [3.63, 3.8) is 0 Å². The molecule has 2 rings (SSSR count). The Morgan fingerprint density at radius 2 is 2.24 bits per heavy atom. The van der Waals surface area contributed by atoms with E-state index in [-0.39, 0.29) is 17.8 Å². The summed E-state index contributed by atoms with van der Waals surface area (Å²) in [5.41, 5.74) is 0.381. The number of carbonyl (C=O) groups is 1. The molecule has 1 heterocycles. The molecular weight excluding hydrogens is 225 g/mol. The largest absolute Gasteiger partial charge is 0.497 e. The minimum atomic E-state index is -0.387. The summed E-state index contributed by atoms with van der Waals surface area (Å²) < 4.78 is 23.4. The monoisotopic (exact) mass is 239 g/mol. The van der Waals surface area contributed by atoms with Gasteiger partial charge in [-0.15, -0.1) is 0 Å². The number of benzene rings is 1. The maximum atomic E-state index is 13.7. The average Bonchev–Trinajstić information content (AvgIpc) is 2.30. The Kier molecular flexibility index (Phi) is 3.17. The molecule has 0 amide bonds. The van der Waals surface area contributed by atoms with Crippen LogP contribution in [0.15, 0.2) is 18.2 Å². The first-order valence-electron chi connectivity index (χ1n) is 5.35. The topological polar surface area (TPSA) is 38.8 Å². The number of ether oxygens (including phenoxy) is 2. The van der Waals surface area contributed by atoms with Crippen LogP contribution in [0.25, 0.3) is 0 Å². The lowest BCUT2D eigenvalue weighted by Crippen LogP contribution is -2.53. The van der Waals surface area contributed by atoms with Crippen LogP contribution >= 0.6 is 0 Å². The molecule has 1 atom stereocenters. The van der Waals surface area contributed by atoms with E-state index in [4.69, 9.17) is 4.74 Å². The van der Waals surface area contributed by atoms with Crippen LogP contribution in [-0.2, 0) is 9.53 Å². The quantitative estimate of drug-likeness (QED) is 0.751. The van der Waals surface area contributed by atoms with Crippen LogP contribution < -0.4 is 9.64 Å². The predicted molar refractivity (Wildman–Crippen MR) is 60.7 cm³/mol. The lowest BCUT2D eigenvalue weighted by molar-refractivity contribution is -0.143. The average molecular weight is 239 g/mol. The van der Waals surface area contributed by atoms with Crippen molar-refractivity contribution < 1.29 is 18.7 Å². The molecule has 0 bridgehead atoms. The molecule has 0 aliphatic carbocycles. The van der Waals surface area contributed by atoms with Gasteiger partial charge in [0, 0.05) is 12.6 Å². The maximum Gasteiger partial charge on any atom is 0.328 e. The highest BCUT2D eigenvalue weighted by Crippen LogP contribution is 2.32. The van der Waals surface area contributed by atoms with E-state index in [0.29, 0.717) is 24.4 Å². The zero-order chi connectivity index (χ0) is 12.4. The molecule has 0 saturated carbocycles. The molecule has 1 aliphatic heterocycles. The van der Waals surface area contributed by atoms with Gasteiger partial charge in [0.1, 0.15) is 17.6 Å². The van der Waals surface area contributed by atoms with E-state index in [1.54, 1.807) is 17.0 Å². The maximum absolute atomic E-state index is 13.7. The summed E-state index contributed by atoms with van der Waals surface area (Å²) >= 11 is 0. The highest BCUT2D eigenvalue weighted by molar-refractivity contribution is 5.82. The Bertz CT molecular complexity index is 436. The third-order valence-electron chi connectivity index (χ3n) is 2.96. The molecule has 0 spiro atoms. The van der Waals surface area contributed by atoms with Crippen molar-refractivity contribution >= 4 is 11.7 Å². The number of esters is 1. The Morgan fingerprint density at radius 3 is 2.76 bits per heavy atom. The fourth-order valence-corrected chi connectivity index (χ4v) is 1.90. The number of halogens is 1. The lowest BCUT2D eigenvalue weighted by atomic mass is 10.0. The zero-order valence-electron chi connectivity index (χ0n) is 9.77. The van der Waals surface area contributed by atoms with Gasteiger partial charge in [0.2, 0.25) is 0 Å². The summed E-state index contributed by atoms with van der Waals surface area (Å²) in [7, 11) is 2.85. The molecule has 0 aromatic heterocycles. The summed E-state index contributed by atoms with van der Waals surface area (Å²) in [6.45, 7) is 0.643. The van der Waals surface area contributed by atoms with Gasteiger partial charge in [-0.25, -0.2) is 9.18 Å². The van der Waals surface area contributed by atoms with Crippen molar-refractivity contribution in [1.82, 2.24) is 0 Å². The summed E-state index contributed by atoms with van der Waals surface area (Å²) in [5.74, 6) is -0.130. The first-order chi connectivity index (χ1) is 8.17. The van der Waals surface area contributed by atoms with Gasteiger partial charge in [-0.05, 0) is 18.6 Å². The number of rotatable bonds is 3. The Morgan fingerprint density at radius 1 is 1.47 bits per heavy atom. The van der Waals surface area contributed by atoms with Crippen molar-refractivity contribution in [3.05, 3.63) is 24.0 Å². The number of hydrogen-bond donors (Lipinski definition) is 0. The van der Waals surface area contributed by atoms with Crippen molar-refractivity contribution in [3.8, 4) is 5.75 Å². The second-order valence-corrected chi connectivity index (χ2v) is 3.84. The number of nitrogens with zero attached hydrogens (tertiary/aromatic N) is 1. The van der Waals surface area contributed by atoms with Crippen LogP contribution in [0.5, 0.6) is 5.75 Å². The summed E-state index contributed by atoms with van der Waals surface area (Å²) in [6, 6.07) is 4.08. The number of hydrogen-bond acceptors (Lipinski definition) is 4. The minimum Gasteiger partial charge on any atom is -0.497 e. The molecule has 0 radical (unpaired) electrons. The molecule has 17 heavy (non-hydrogen) atoms. The third kappa shape index (κ3) is 2.05. The Labute approximate surface area is 98.9 Å². The first-order valence-corrected chi connectivity index (χ1v) is 5.35. The zero-order valence-corrected chi connectivity index (χ0v) is 9.77. The van der Waals surface area contributed by atoms with Gasteiger partial charge in [-0.2, -0.15) is 0 Å². The third-order valence-corrected chi connectivity index (χ3v) is 2.96. The van der Waals surface area contributed by atoms with Crippen LogP contribution in [-0.4, -0.2) is 32.8 Å². The van der Waals surface area contributed by atoms with Crippen LogP contribution in [0.2, 0.25) is 0 Å². The Balaban J connectivity index is 2.25.